The Kier molecular flexibility index (Phi) is 2.59. The summed E-state index contributed by atoms with van der Waals surface area (Å²) < 4.78 is 1.16. The number of carbonyl (C=O) groups is 1. The van der Waals surface area contributed by atoms with Crippen LogP contribution in [0.5, 0.6) is 0 Å². The molecular formula is C10H12INOS. The molecule has 1 amide bonds. The summed E-state index contributed by atoms with van der Waals surface area (Å²) in [6.07, 6.45) is 1.10. The van der Waals surface area contributed by atoms with E-state index in [4.69, 9.17) is 0 Å². The Morgan fingerprint density at radius 2 is 2.36 bits per heavy atom. The van der Waals surface area contributed by atoms with E-state index in [0.29, 0.717) is 11.5 Å². The fourth-order valence-corrected chi connectivity index (χ4v) is 2.71. The molecule has 1 N–H and O–H groups in total. The quantitative estimate of drug-likeness (QED) is 0.834. The molecule has 1 aliphatic carbocycles. The van der Waals surface area contributed by atoms with Gasteiger partial charge in [-0.15, -0.1) is 11.3 Å². The maximum absolute atomic E-state index is 11.7. The van der Waals surface area contributed by atoms with Gasteiger partial charge in [-0.25, -0.2) is 0 Å². The average molecular weight is 321 g/mol. The van der Waals surface area contributed by atoms with Gasteiger partial charge in [-0.2, -0.15) is 0 Å². The van der Waals surface area contributed by atoms with Crippen molar-refractivity contribution in [1.82, 2.24) is 5.32 Å². The lowest BCUT2D eigenvalue weighted by Crippen LogP contribution is -2.27. The summed E-state index contributed by atoms with van der Waals surface area (Å²) in [4.78, 5) is 11.7. The third-order valence-electron chi connectivity index (χ3n) is 2.65. The average Bonchev–Trinajstić information content (AvgIpc) is 2.52. The first kappa shape index (κ1) is 10.4. The van der Waals surface area contributed by atoms with E-state index in [1.807, 2.05) is 11.4 Å². The molecule has 1 saturated carbocycles. The Bertz CT molecular complexity index is 372. The van der Waals surface area contributed by atoms with Crippen LogP contribution < -0.4 is 5.32 Å². The number of nitrogens with one attached hydrogen (secondary N) is 1. The molecule has 4 heteroatoms. The van der Waals surface area contributed by atoms with Gasteiger partial charge in [-0.05, 0) is 40.5 Å². The van der Waals surface area contributed by atoms with Crippen molar-refractivity contribution in [2.75, 3.05) is 0 Å². The highest BCUT2D eigenvalue weighted by Crippen LogP contribution is 2.44. The number of hydrogen-bond acceptors (Lipinski definition) is 2. The van der Waals surface area contributed by atoms with Gasteiger partial charge in [-0.1, -0.05) is 13.8 Å². The summed E-state index contributed by atoms with van der Waals surface area (Å²) in [6.45, 7) is 4.35. The largest absolute Gasteiger partial charge is 0.349 e. The summed E-state index contributed by atoms with van der Waals surface area (Å²) in [7, 11) is 0. The van der Waals surface area contributed by atoms with Crippen molar-refractivity contribution in [1.29, 1.82) is 0 Å². The lowest BCUT2D eigenvalue weighted by atomic mass is 10.2. The van der Waals surface area contributed by atoms with Crippen molar-refractivity contribution in [2.24, 2.45) is 5.41 Å². The zero-order valence-corrected chi connectivity index (χ0v) is 11.1. The Morgan fingerprint density at radius 3 is 2.79 bits per heavy atom. The molecule has 1 heterocycles. The van der Waals surface area contributed by atoms with Crippen LogP contribution in [-0.4, -0.2) is 11.9 Å². The molecule has 1 aromatic rings. The highest BCUT2D eigenvalue weighted by atomic mass is 127. The molecule has 1 fully saturated rings. The molecule has 76 valence electrons. The van der Waals surface area contributed by atoms with Gasteiger partial charge in [0.25, 0.3) is 5.91 Å². The standard InChI is InChI=1S/C10H12INOS/c1-10(2)4-7(10)12-9(13)6-3-8(11)14-5-6/h3,5,7H,4H2,1-2H3,(H,12,13). The zero-order chi connectivity index (χ0) is 10.3. The predicted molar refractivity (Wildman–Crippen MR) is 66.7 cm³/mol. The van der Waals surface area contributed by atoms with Crippen molar-refractivity contribution in [3.05, 3.63) is 19.9 Å². The molecule has 0 aliphatic heterocycles. The van der Waals surface area contributed by atoms with Gasteiger partial charge in [-0.3, -0.25) is 4.79 Å². The first-order chi connectivity index (χ1) is 6.49. The molecule has 0 saturated heterocycles. The fraction of sp³-hybridized carbons (Fsp3) is 0.500. The Hall–Kier alpha value is -0.100. The van der Waals surface area contributed by atoms with E-state index >= 15 is 0 Å². The highest BCUT2D eigenvalue weighted by molar-refractivity contribution is 14.1. The summed E-state index contributed by atoms with van der Waals surface area (Å²) in [5.41, 5.74) is 1.10. The summed E-state index contributed by atoms with van der Waals surface area (Å²) in [6, 6.07) is 2.29. The number of halogens is 1. The van der Waals surface area contributed by atoms with Crippen LogP contribution in [0.1, 0.15) is 30.6 Å². The molecule has 0 aromatic carbocycles. The maximum atomic E-state index is 11.7. The van der Waals surface area contributed by atoms with Crippen LogP contribution in [0.15, 0.2) is 11.4 Å². The molecule has 2 rings (SSSR count). The van der Waals surface area contributed by atoms with Gasteiger partial charge < -0.3 is 5.32 Å². The predicted octanol–water partition coefficient (Wildman–Crippen LogP) is 2.88. The van der Waals surface area contributed by atoms with Crippen molar-refractivity contribution in [3.8, 4) is 0 Å². The SMILES string of the molecule is CC1(C)CC1NC(=O)c1csc(I)c1. The number of amides is 1. The lowest BCUT2D eigenvalue weighted by Gasteiger charge is -2.04. The third kappa shape index (κ3) is 2.11. The molecule has 1 atom stereocenters. The summed E-state index contributed by atoms with van der Waals surface area (Å²) in [5.74, 6) is 0.0692. The minimum absolute atomic E-state index is 0.0692. The van der Waals surface area contributed by atoms with E-state index in [9.17, 15) is 4.79 Å². The van der Waals surface area contributed by atoms with Gasteiger partial charge >= 0.3 is 0 Å². The molecule has 0 bridgehead atoms. The lowest BCUT2D eigenvalue weighted by molar-refractivity contribution is 0.0947. The van der Waals surface area contributed by atoms with E-state index in [1.165, 1.54) is 0 Å². The fourth-order valence-electron chi connectivity index (χ4n) is 1.38. The van der Waals surface area contributed by atoms with Crippen molar-refractivity contribution in [3.63, 3.8) is 0 Å². The summed E-state index contributed by atoms with van der Waals surface area (Å²) >= 11 is 3.83. The number of rotatable bonds is 2. The van der Waals surface area contributed by atoms with E-state index < -0.39 is 0 Å². The Morgan fingerprint density at radius 1 is 1.71 bits per heavy atom. The molecule has 1 unspecified atom stereocenters. The van der Waals surface area contributed by atoms with Gasteiger partial charge in [0.1, 0.15) is 0 Å². The molecular weight excluding hydrogens is 309 g/mol. The third-order valence-corrected chi connectivity index (χ3v) is 4.44. The molecule has 2 nitrogen and oxygen atoms in total. The monoisotopic (exact) mass is 321 g/mol. The van der Waals surface area contributed by atoms with Crippen LogP contribution >= 0.6 is 33.9 Å². The highest BCUT2D eigenvalue weighted by Gasteiger charge is 2.46. The van der Waals surface area contributed by atoms with Crippen LogP contribution in [0.4, 0.5) is 0 Å². The van der Waals surface area contributed by atoms with E-state index in [1.54, 1.807) is 11.3 Å². The second kappa shape index (κ2) is 3.48. The van der Waals surface area contributed by atoms with Gasteiger partial charge in [0.15, 0.2) is 0 Å². The van der Waals surface area contributed by atoms with Crippen molar-refractivity contribution in [2.45, 2.75) is 26.3 Å². The Balaban J connectivity index is 1.97. The smallest absolute Gasteiger partial charge is 0.252 e. The minimum Gasteiger partial charge on any atom is -0.349 e. The van der Waals surface area contributed by atoms with Gasteiger partial charge in [0, 0.05) is 11.4 Å². The first-order valence-electron chi connectivity index (χ1n) is 4.54. The van der Waals surface area contributed by atoms with E-state index in [-0.39, 0.29) is 5.91 Å². The number of hydrogen-bond donors (Lipinski definition) is 1. The summed E-state index contributed by atoms with van der Waals surface area (Å²) in [5, 5.41) is 4.95. The van der Waals surface area contributed by atoms with Gasteiger partial charge in [0.05, 0.1) is 8.45 Å². The molecule has 1 aliphatic rings. The van der Waals surface area contributed by atoms with E-state index in [0.717, 1.165) is 14.9 Å². The van der Waals surface area contributed by atoms with Crippen molar-refractivity contribution < 1.29 is 4.79 Å². The van der Waals surface area contributed by atoms with Crippen LogP contribution in [-0.2, 0) is 0 Å². The molecule has 14 heavy (non-hydrogen) atoms. The zero-order valence-electron chi connectivity index (χ0n) is 8.13. The molecule has 0 spiro atoms. The number of thiophene rings is 1. The second-order valence-electron chi connectivity index (χ2n) is 4.36. The molecule has 0 radical (unpaired) electrons. The van der Waals surface area contributed by atoms with E-state index in [2.05, 4.69) is 41.8 Å². The van der Waals surface area contributed by atoms with Gasteiger partial charge in [0.2, 0.25) is 0 Å². The van der Waals surface area contributed by atoms with Crippen LogP contribution in [0.3, 0.4) is 0 Å². The van der Waals surface area contributed by atoms with Crippen LogP contribution in [0, 0.1) is 8.30 Å². The normalized spacial score (nSPS) is 23.2. The Labute approximate surface area is 101 Å². The minimum atomic E-state index is 0.0692. The van der Waals surface area contributed by atoms with Crippen LogP contribution in [0.2, 0.25) is 0 Å². The van der Waals surface area contributed by atoms with Crippen molar-refractivity contribution >= 4 is 39.8 Å². The first-order valence-corrected chi connectivity index (χ1v) is 6.50. The van der Waals surface area contributed by atoms with Crippen LogP contribution in [0.25, 0.3) is 0 Å². The number of carbonyl (C=O) groups excluding carboxylic acids is 1. The topological polar surface area (TPSA) is 29.1 Å². The molecule has 1 aromatic heterocycles. The maximum Gasteiger partial charge on any atom is 0.252 e. The second-order valence-corrected chi connectivity index (χ2v) is 7.16.